The minimum absolute atomic E-state index is 0.146. The van der Waals surface area contributed by atoms with Crippen LogP contribution in [0.15, 0.2) is 18.2 Å². The molecule has 0 spiro atoms. The maximum Gasteiger partial charge on any atom is 0.141 e. The van der Waals surface area contributed by atoms with Crippen molar-refractivity contribution < 1.29 is 9.50 Å². The van der Waals surface area contributed by atoms with Gasteiger partial charge >= 0.3 is 0 Å². The molecular weight excluding hydrogens is 217 g/mol. The topological polar surface area (TPSA) is 32.3 Å². The Morgan fingerprint density at radius 3 is 2.93 bits per heavy atom. The van der Waals surface area contributed by atoms with Crippen molar-refractivity contribution in [1.29, 1.82) is 0 Å². The number of benzene rings is 1. The van der Waals surface area contributed by atoms with Gasteiger partial charge in [-0.15, -0.1) is 0 Å². The summed E-state index contributed by atoms with van der Waals surface area (Å²) in [6, 6.07) is 4.71. The SMILES string of the molecule is OC1NCCC1Cc1ccc(F)c(Cl)c1. The van der Waals surface area contributed by atoms with E-state index in [1.54, 1.807) is 12.1 Å². The molecule has 2 unspecified atom stereocenters. The molecule has 0 bridgehead atoms. The number of nitrogens with one attached hydrogen (secondary N) is 1. The predicted molar refractivity (Wildman–Crippen MR) is 57.2 cm³/mol. The molecule has 0 radical (unpaired) electrons. The summed E-state index contributed by atoms with van der Waals surface area (Å²) in [5, 5.41) is 12.7. The summed E-state index contributed by atoms with van der Waals surface area (Å²) in [6.45, 7) is 0.834. The van der Waals surface area contributed by atoms with Crippen LogP contribution in [0.25, 0.3) is 0 Å². The van der Waals surface area contributed by atoms with Crippen LogP contribution in [-0.4, -0.2) is 17.9 Å². The fourth-order valence-electron chi connectivity index (χ4n) is 1.92. The van der Waals surface area contributed by atoms with Gasteiger partial charge in [-0.1, -0.05) is 17.7 Å². The molecule has 82 valence electrons. The van der Waals surface area contributed by atoms with Crippen molar-refractivity contribution in [2.24, 2.45) is 5.92 Å². The van der Waals surface area contributed by atoms with Gasteiger partial charge in [0.15, 0.2) is 0 Å². The zero-order valence-corrected chi connectivity index (χ0v) is 8.97. The Kier molecular flexibility index (Phi) is 3.24. The normalized spacial score (nSPS) is 25.8. The Bertz CT molecular complexity index is 358. The Morgan fingerprint density at radius 2 is 2.33 bits per heavy atom. The molecule has 0 aromatic heterocycles. The van der Waals surface area contributed by atoms with E-state index < -0.39 is 12.0 Å². The van der Waals surface area contributed by atoms with Crippen LogP contribution in [0.1, 0.15) is 12.0 Å². The van der Waals surface area contributed by atoms with Crippen molar-refractivity contribution >= 4 is 11.6 Å². The van der Waals surface area contributed by atoms with E-state index in [0.29, 0.717) is 0 Å². The molecular formula is C11H13ClFNO. The first kappa shape index (κ1) is 10.9. The molecule has 0 amide bonds. The second-order valence-corrected chi connectivity index (χ2v) is 4.31. The molecule has 1 fully saturated rings. The summed E-state index contributed by atoms with van der Waals surface area (Å²) < 4.78 is 12.9. The molecule has 2 atom stereocenters. The first-order chi connectivity index (χ1) is 7.16. The van der Waals surface area contributed by atoms with Crippen LogP contribution in [0.5, 0.6) is 0 Å². The van der Waals surface area contributed by atoms with Gasteiger partial charge in [-0.05, 0) is 37.1 Å². The minimum atomic E-state index is -0.450. The predicted octanol–water partition coefficient (Wildman–Crippen LogP) is 1.95. The van der Waals surface area contributed by atoms with Crippen LogP contribution in [0, 0.1) is 11.7 Å². The van der Waals surface area contributed by atoms with Crippen LogP contribution in [0.4, 0.5) is 4.39 Å². The standard InChI is InChI=1S/C11H13ClFNO/c12-9-6-7(1-2-10(9)13)5-8-3-4-14-11(8)15/h1-2,6,8,11,14-15H,3-5H2. The van der Waals surface area contributed by atoms with E-state index in [2.05, 4.69) is 5.32 Å². The molecule has 4 heteroatoms. The lowest BCUT2D eigenvalue weighted by atomic mass is 9.97. The third-order valence-corrected chi connectivity index (χ3v) is 3.09. The van der Waals surface area contributed by atoms with Gasteiger partial charge in [-0.3, -0.25) is 5.32 Å². The lowest BCUT2D eigenvalue weighted by Crippen LogP contribution is -2.27. The minimum Gasteiger partial charge on any atom is -0.378 e. The maximum atomic E-state index is 12.9. The smallest absolute Gasteiger partial charge is 0.141 e. The fourth-order valence-corrected chi connectivity index (χ4v) is 2.13. The molecule has 1 aliphatic heterocycles. The van der Waals surface area contributed by atoms with Gasteiger partial charge in [0, 0.05) is 5.92 Å². The zero-order valence-electron chi connectivity index (χ0n) is 8.21. The number of aliphatic hydroxyl groups is 1. The van der Waals surface area contributed by atoms with Crippen molar-refractivity contribution in [1.82, 2.24) is 5.32 Å². The highest BCUT2D eigenvalue weighted by Gasteiger charge is 2.24. The fraction of sp³-hybridized carbons (Fsp3) is 0.455. The first-order valence-corrected chi connectivity index (χ1v) is 5.40. The van der Waals surface area contributed by atoms with Crippen LogP contribution in [0.2, 0.25) is 5.02 Å². The Labute approximate surface area is 93.1 Å². The van der Waals surface area contributed by atoms with Gasteiger partial charge in [-0.2, -0.15) is 0 Å². The Hall–Kier alpha value is -0.640. The summed E-state index contributed by atoms with van der Waals surface area (Å²) in [7, 11) is 0. The van der Waals surface area contributed by atoms with Gasteiger partial charge in [0.25, 0.3) is 0 Å². The van der Waals surface area contributed by atoms with Crippen molar-refractivity contribution in [3.63, 3.8) is 0 Å². The lowest BCUT2D eigenvalue weighted by Gasteiger charge is -2.13. The average Bonchev–Trinajstić information content (AvgIpc) is 2.59. The second-order valence-electron chi connectivity index (χ2n) is 3.90. The molecule has 2 N–H and O–H groups in total. The van der Waals surface area contributed by atoms with Gasteiger partial charge in [0.1, 0.15) is 12.0 Å². The molecule has 1 saturated heterocycles. The van der Waals surface area contributed by atoms with Crippen molar-refractivity contribution in [3.05, 3.63) is 34.6 Å². The monoisotopic (exact) mass is 229 g/mol. The highest BCUT2D eigenvalue weighted by molar-refractivity contribution is 6.30. The van der Waals surface area contributed by atoms with Gasteiger partial charge in [-0.25, -0.2) is 4.39 Å². The first-order valence-electron chi connectivity index (χ1n) is 5.02. The van der Waals surface area contributed by atoms with E-state index in [1.165, 1.54) is 6.07 Å². The molecule has 2 nitrogen and oxygen atoms in total. The molecule has 0 saturated carbocycles. The van der Waals surface area contributed by atoms with Crippen LogP contribution >= 0.6 is 11.6 Å². The van der Waals surface area contributed by atoms with Crippen molar-refractivity contribution in [3.8, 4) is 0 Å². The number of aliphatic hydroxyl groups excluding tert-OH is 1. The van der Waals surface area contributed by atoms with E-state index in [1.807, 2.05) is 0 Å². The van der Waals surface area contributed by atoms with E-state index >= 15 is 0 Å². The maximum absolute atomic E-state index is 12.9. The highest BCUT2D eigenvalue weighted by atomic mass is 35.5. The lowest BCUT2D eigenvalue weighted by molar-refractivity contribution is 0.112. The molecule has 1 heterocycles. The summed E-state index contributed by atoms with van der Waals surface area (Å²) >= 11 is 5.68. The van der Waals surface area contributed by atoms with E-state index in [-0.39, 0.29) is 10.9 Å². The summed E-state index contributed by atoms with van der Waals surface area (Å²) in [4.78, 5) is 0. The summed E-state index contributed by atoms with van der Waals surface area (Å²) in [5.41, 5.74) is 0.967. The van der Waals surface area contributed by atoms with Crippen molar-refractivity contribution in [2.45, 2.75) is 19.1 Å². The van der Waals surface area contributed by atoms with Crippen molar-refractivity contribution in [2.75, 3.05) is 6.54 Å². The number of rotatable bonds is 2. The quantitative estimate of drug-likeness (QED) is 0.813. The molecule has 2 rings (SSSR count). The van der Waals surface area contributed by atoms with E-state index in [9.17, 15) is 9.50 Å². The number of hydrogen-bond acceptors (Lipinski definition) is 2. The van der Waals surface area contributed by atoms with Crippen LogP contribution in [0.3, 0.4) is 0 Å². The number of hydrogen-bond donors (Lipinski definition) is 2. The van der Waals surface area contributed by atoms with Gasteiger partial charge in [0.2, 0.25) is 0 Å². The van der Waals surface area contributed by atoms with Gasteiger partial charge < -0.3 is 5.11 Å². The Morgan fingerprint density at radius 1 is 1.53 bits per heavy atom. The highest BCUT2D eigenvalue weighted by Crippen LogP contribution is 2.22. The largest absolute Gasteiger partial charge is 0.378 e. The van der Waals surface area contributed by atoms with E-state index in [4.69, 9.17) is 11.6 Å². The second kappa shape index (κ2) is 4.47. The zero-order chi connectivity index (χ0) is 10.8. The summed E-state index contributed by atoms with van der Waals surface area (Å²) in [5.74, 6) is -0.197. The molecule has 1 aliphatic rings. The molecule has 0 aliphatic carbocycles. The van der Waals surface area contributed by atoms with Crippen LogP contribution < -0.4 is 5.32 Å². The molecule has 15 heavy (non-hydrogen) atoms. The van der Waals surface area contributed by atoms with Crippen LogP contribution in [-0.2, 0) is 6.42 Å². The van der Waals surface area contributed by atoms with Gasteiger partial charge in [0.05, 0.1) is 5.02 Å². The Balaban J connectivity index is 2.07. The summed E-state index contributed by atoms with van der Waals surface area (Å²) in [6.07, 6.45) is 1.22. The number of halogens is 2. The molecule has 1 aromatic carbocycles. The third kappa shape index (κ3) is 2.48. The van der Waals surface area contributed by atoms with E-state index in [0.717, 1.165) is 24.9 Å². The average molecular weight is 230 g/mol. The third-order valence-electron chi connectivity index (χ3n) is 2.80. The molecule has 1 aromatic rings.